The van der Waals surface area contributed by atoms with E-state index in [-0.39, 0.29) is 0 Å². The van der Waals surface area contributed by atoms with Crippen LogP contribution in [-0.4, -0.2) is 16.1 Å². The first-order valence-corrected chi connectivity index (χ1v) is 16.0. The van der Waals surface area contributed by atoms with Gasteiger partial charge in [0.15, 0.2) is 0 Å². The summed E-state index contributed by atoms with van der Waals surface area (Å²) in [5, 5.41) is 3.44. The molecule has 2 heteroatoms. The Hall–Kier alpha value is -0.866. The molecule has 0 bridgehead atoms. The smallest absolute Gasteiger partial charge is 0.0771 e. The predicted molar refractivity (Wildman–Crippen MR) is 111 cm³/mol. The molecule has 0 aromatic rings. The molecule has 2 aliphatic carbocycles. The maximum atomic E-state index is 2.61. The Bertz CT molecular complexity index is 574. The summed E-state index contributed by atoms with van der Waals surface area (Å²) in [7, 11) is -2.44. The monoisotopic (exact) mass is 342 g/mol. The lowest BCUT2D eigenvalue weighted by Gasteiger charge is -2.24. The Morgan fingerprint density at radius 1 is 1.00 bits per heavy atom. The van der Waals surface area contributed by atoms with Crippen LogP contribution in [0.15, 0.2) is 58.5 Å². The van der Waals surface area contributed by atoms with Crippen LogP contribution in [0.1, 0.15) is 19.8 Å². The first-order valence-electron chi connectivity index (χ1n) is 9.02. The maximum Gasteiger partial charge on any atom is 0.0771 e. The van der Waals surface area contributed by atoms with Gasteiger partial charge in [-0.15, -0.1) is 0 Å². The van der Waals surface area contributed by atoms with Gasteiger partial charge in [0.05, 0.1) is 16.1 Å². The largest absolute Gasteiger partial charge is 0.0847 e. The fourth-order valence-corrected chi connectivity index (χ4v) is 6.80. The number of hydrogen-bond donors (Lipinski definition) is 0. The SMILES string of the molecule is C/C(=C\CC1C=C([Si](C)(C)C)C=C1[Si](C)(C)C)CC1C=CC=C1. The highest BCUT2D eigenvalue weighted by molar-refractivity contribution is 6.86. The molecule has 126 valence electrons. The first kappa shape index (κ1) is 18.5. The molecule has 0 fully saturated rings. The fourth-order valence-electron chi connectivity index (χ4n) is 3.46. The van der Waals surface area contributed by atoms with Crippen LogP contribution in [0.25, 0.3) is 0 Å². The van der Waals surface area contributed by atoms with E-state index in [1.165, 1.54) is 18.4 Å². The first-order chi connectivity index (χ1) is 10.6. The third kappa shape index (κ3) is 5.05. The average Bonchev–Trinajstić information content (AvgIpc) is 3.03. The summed E-state index contributed by atoms with van der Waals surface area (Å²) in [6.07, 6.45) is 19.0. The molecule has 23 heavy (non-hydrogen) atoms. The van der Waals surface area contributed by atoms with E-state index in [9.17, 15) is 0 Å². The van der Waals surface area contributed by atoms with Crippen molar-refractivity contribution < 1.29 is 0 Å². The van der Waals surface area contributed by atoms with Gasteiger partial charge in [0, 0.05) is 0 Å². The lowest BCUT2D eigenvalue weighted by molar-refractivity contribution is 0.772. The lowest BCUT2D eigenvalue weighted by Crippen LogP contribution is -2.27. The van der Waals surface area contributed by atoms with E-state index < -0.39 is 16.1 Å². The van der Waals surface area contributed by atoms with Crippen molar-refractivity contribution in [2.24, 2.45) is 11.8 Å². The van der Waals surface area contributed by atoms with Gasteiger partial charge in [-0.25, -0.2) is 0 Å². The third-order valence-corrected chi connectivity index (χ3v) is 9.22. The molecule has 0 amide bonds. The Morgan fingerprint density at radius 2 is 1.61 bits per heavy atom. The highest BCUT2D eigenvalue weighted by Gasteiger charge is 2.32. The van der Waals surface area contributed by atoms with E-state index in [1.54, 1.807) is 10.4 Å². The van der Waals surface area contributed by atoms with Gasteiger partial charge in [-0.3, -0.25) is 0 Å². The van der Waals surface area contributed by atoms with Crippen LogP contribution in [0.5, 0.6) is 0 Å². The van der Waals surface area contributed by atoms with Crippen LogP contribution < -0.4 is 0 Å². The van der Waals surface area contributed by atoms with Gasteiger partial charge in [-0.2, -0.15) is 0 Å². The minimum atomic E-state index is -1.24. The van der Waals surface area contributed by atoms with E-state index in [0.29, 0.717) is 11.8 Å². The van der Waals surface area contributed by atoms with Crippen LogP contribution in [0.2, 0.25) is 39.3 Å². The van der Waals surface area contributed by atoms with Gasteiger partial charge in [-0.1, -0.05) is 97.8 Å². The molecule has 1 unspecified atom stereocenters. The summed E-state index contributed by atoms with van der Waals surface area (Å²) < 4.78 is 0. The van der Waals surface area contributed by atoms with Crippen LogP contribution in [0, 0.1) is 11.8 Å². The minimum Gasteiger partial charge on any atom is -0.0847 e. The Morgan fingerprint density at radius 3 is 2.13 bits per heavy atom. The maximum absolute atomic E-state index is 2.61. The summed E-state index contributed by atoms with van der Waals surface area (Å²) in [6, 6.07) is 0. The normalized spacial score (nSPS) is 22.7. The van der Waals surface area contributed by atoms with Crippen molar-refractivity contribution in [1.29, 1.82) is 0 Å². The van der Waals surface area contributed by atoms with Crippen molar-refractivity contribution in [3.05, 3.63) is 58.5 Å². The van der Waals surface area contributed by atoms with Crippen LogP contribution in [0.3, 0.4) is 0 Å². The summed E-state index contributed by atoms with van der Waals surface area (Å²) in [5.41, 5.74) is 1.54. The van der Waals surface area contributed by atoms with Crippen LogP contribution in [0.4, 0.5) is 0 Å². The van der Waals surface area contributed by atoms with Crippen molar-refractivity contribution >= 4 is 16.1 Å². The Labute approximate surface area is 145 Å². The number of allylic oxidation sites excluding steroid dienone is 10. The van der Waals surface area contributed by atoms with E-state index in [0.717, 1.165) is 0 Å². The van der Waals surface area contributed by atoms with E-state index in [2.05, 4.69) is 88.7 Å². The molecule has 0 aromatic heterocycles. The molecule has 0 saturated carbocycles. The van der Waals surface area contributed by atoms with Gasteiger partial charge in [-0.05, 0) is 31.6 Å². The summed E-state index contributed by atoms with van der Waals surface area (Å²) in [4.78, 5) is 0. The molecule has 0 N–H and O–H groups in total. The van der Waals surface area contributed by atoms with E-state index in [4.69, 9.17) is 0 Å². The van der Waals surface area contributed by atoms with Crippen molar-refractivity contribution in [3.8, 4) is 0 Å². The van der Waals surface area contributed by atoms with Gasteiger partial charge < -0.3 is 0 Å². The average molecular weight is 343 g/mol. The third-order valence-electron chi connectivity index (χ3n) is 4.93. The van der Waals surface area contributed by atoms with Crippen molar-refractivity contribution in [2.75, 3.05) is 0 Å². The molecule has 0 aliphatic heterocycles. The predicted octanol–water partition coefficient (Wildman–Crippen LogP) is 6.69. The second-order valence-corrected chi connectivity index (χ2v) is 19.4. The van der Waals surface area contributed by atoms with Gasteiger partial charge >= 0.3 is 0 Å². The molecule has 2 rings (SSSR count). The molecule has 0 aromatic carbocycles. The molecule has 2 aliphatic rings. The van der Waals surface area contributed by atoms with Crippen LogP contribution >= 0.6 is 0 Å². The fraction of sp³-hybridized carbons (Fsp3) is 0.524. The van der Waals surface area contributed by atoms with Gasteiger partial charge in [0.2, 0.25) is 0 Å². The molecular formula is C21H34Si2. The zero-order valence-corrected chi connectivity index (χ0v) is 18.1. The topological polar surface area (TPSA) is 0 Å². The van der Waals surface area contributed by atoms with E-state index in [1.807, 2.05) is 0 Å². The van der Waals surface area contributed by atoms with Gasteiger partial charge in [0.1, 0.15) is 0 Å². The lowest BCUT2D eigenvalue weighted by atomic mass is 9.99. The van der Waals surface area contributed by atoms with Crippen molar-refractivity contribution in [3.63, 3.8) is 0 Å². The Balaban J connectivity index is 2.10. The number of hydrogen-bond acceptors (Lipinski definition) is 0. The highest BCUT2D eigenvalue weighted by atomic mass is 28.3. The molecule has 0 nitrogen and oxygen atoms in total. The molecule has 0 saturated heterocycles. The van der Waals surface area contributed by atoms with Crippen molar-refractivity contribution in [2.45, 2.75) is 59.0 Å². The minimum absolute atomic E-state index is 0.620. The highest BCUT2D eigenvalue weighted by Crippen LogP contribution is 2.37. The number of rotatable bonds is 6. The molecular weight excluding hydrogens is 308 g/mol. The second-order valence-electron chi connectivity index (χ2n) is 9.25. The molecule has 0 radical (unpaired) electrons. The summed E-state index contributed by atoms with van der Waals surface area (Å²) in [6.45, 7) is 17.2. The molecule has 0 spiro atoms. The second kappa shape index (κ2) is 6.94. The quantitative estimate of drug-likeness (QED) is 0.372. The standard InChI is InChI=1S/C21H34Si2/c1-17(14-18-10-8-9-11-18)12-13-19-15-20(22(2,3)4)16-21(19)23(5,6)7/h8-12,15-16,18-19H,13-14H2,1-7H3/b17-12+. The molecule has 0 heterocycles. The van der Waals surface area contributed by atoms with Gasteiger partial charge in [0.25, 0.3) is 0 Å². The molecule has 1 atom stereocenters. The zero-order valence-electron chi connectivity index (χ0n) is 16.1. The summed E-state index contributed by atoms with van der Waals surface area (Å²) >= 11 is 0. The summed E-state index contributed by atoms with van der Waals surface area (Å²) in [5.74, 6) is 1.28. The van der Waals surface area contributed by atoms with E-state index >= 15 is 0 Å². The zero-order chi connectivity index (χ0) is 17.3. The Kier molecular flexibility index (Phi) is 5.57. The van der Waals surface area contributed by atoms with Crippen LogP contribution in [-0.2, 0) is 0 Å². The van der Waals surface area contributed by atoms with Crippen molar-refractivity contribution in [1.82, 2.24) is 0 Å².